The van der Waals surface area contributed by atoms with Crippen LogP contribution in [0.1, 0.15) is 10.4 Å². The van der Waals surface area contributed by atoms with Crippen molar-refractivity contribution in [1.82, 2.24) is 0 Å². The molecule has 0 spiro atoms. The fourth-order valence-electron chi connectivity index (χ4n) is 0.747. The predicted octanol–water partition coefficient (Wildman–Crippen LogP) is 2.73. The van der Waals surface area contributed by atoms with Crippen LogP contribution in [0.4, 0.5) is 4.39 Å². The van der Waals surface area contributed by atoms with E-state index in [1.165, 1.54) is 12.1 Å². The molecule has 64 valence electrons. The van der Waals surface area contributed by atoms with Crippen molar-refractivity contribution in [2.24, 2.45) is 0 Å². The van der Waals surface area contributed by atoms with Gasteiger partial charge in [-0.2, -0.15) is 0 Å². The minimum atomic E-state index is -1.02. The number of carboxylic acid groups (broad SMARTS) is 1. The standard InChI is InChI=1S/C7H3FI2O2/c8-3-1-4(9)6(7(11)12)5(10)2-3/h1-2H,(H,11,12). The largest absolute Gasteiger partial charge is 0.478 e. The first-order valence-electron chi connectivity index (χ1n) is 2.90. The molecule has 0 radical (unpaired) electrons. The molecular formula is C7H3FI2O2. The molecule has 0 aliphatic carbocycles. The summed E-state index contributed by atoms with van der Waals surface area (Å²) in [4.78, 5) is 10.6. The van der Waals surface area contributed by atoms with Crippen LogP contribution >= 0.6 is 45.2 Å². The number of halogens is 3. The van der Waals surface area contributed by atoms with Gasteiger partial charge in [-0.25, -0.2) is 9.18 Å². The lowest BCUT2D eigenvalue weighted by atomic mass is 10.2. The van der Waals surface area contributed by atoms with Gasteiger partial charge in [0.1, 0.15) is 5.82 Å². The van der Waals surface area contributed by atoms with Gasteiger partial charge in [0, 0.05) is 7.14 Å². The van der Waals surface area contributed by atoms with Crippen molar-refractivity contribution in [2.75, 3.05) is 0 Å². The van der Waals surface area contributed by atoms with E-state index >= 15 is 0 Å². The number of benzene rings is 1. The van der Waals surface area contributed by atoms with Gasteiger partial charge in [-0.1, -0.05) is 0 Å². The molecule has 2 nitrogen and oxygen atoms in total. The zero-order chi connectivity index (χ0) is 9.30. The lowest BCUT2D eigenvalue weighted by Gasteiger charge is -2.01. The van der Waals surface area contributed by atoms with E-state index in [9.17, 15) is 9.18 Å². The highest BCUT2D eigenvalue weighted by Gasteiger charge is 2.13. The first kappa shape index (κ1) is 10.2. The normalized spacial score (nSPS) is 9.92. The quantitative estimate of drug-likeness (QED) is 0.747. The Morgan fingerprint density at radius 1 is 1.33 bits per heavy atom. The Hall–Kier alpha value is 0.0800. The summed E-state index contributed by atoms with van der Waals surface area (Å²) < 4.78 is 13.5. The van der Waals surface area contributed by atoms with Crippen LogP contribution in [0.5, 0.6) is 0 Å². The molecule has 0 bridgehead atoms. The molecule has 0 aromatic heterocycles. The van der Waals surface area contributed by atoms with Gasteiger partial charge in [-0.05, 0) is 57.3 Å². The molecule has 0 amide bonds. The molecule has 0 unspecified atom stereocenters. The highest BCUT2D eigenvalue weighted by molar-refractivity contribution is 14.1. The SMILES string of the molecule is O=C(O)c1c(I)cc(F)cc1I. The minimum absolute atomic E-state index is 0.164. The van der Waals surface area contributed by atoms with E-state index in [2.05, 4.69) is 0 Å². The van der Waals surface area contributed by atoms with Gasteiger partial charge in [0.25, 0.3) is 0 Å². The second kappa shape index (κ2) is 3.86. The second-order valence-corrected chi connectivity index (χ2v) is 4.37. The first-order chi connectivity index (χ1) is 5.52. The summed E-state index contributed by atoms with van der Waals surface area (Å²) in [6.07, 6.45) is 0. The number of hydrogen-bond acceptors (Lipinski definition) is 1. The Kier molecular flexibility index (Phi) is 3.27. The number of hydrogen-bond donors (Lipinski definition) is 1. The van der Waals surface area contributed by atoms with Gasteiger partial charge >= 0.3 is 5.97 Å². The summed E-state index contributed by atoms with van der Waals surface area (Å²) in [5.74, 6) is -1.43. The zero-order valence-electron chi connectivity index (χ0n) is 5.64. The summed E-state index contributed by atoms with van der Waals surface area (Å²) in [5, 5.41) is 8.71. The molecule has 1 aromatic carbocycles. The van der Waals surface area contributed by atoms with E-state index in [4.69, 9.17) is 5.11 Å². The molecule has 0 saturated carbocycles. The van der Waals surface area contributed by atoms with Crippen LogP contribution in [0.25, 0.3) is 0 Å². The number of carbonyl (C=O) groups is 1. The molecule has 1 rings (SSSR count). The Labute approximate surface area is 95.4 Å². The van der Waals surface area contributed by atoms with E-state index in [-0.39, 0.29) is 5.56 Å². The average Bonchev–Trinajstić information content (AvgIpc) is 1.82. The fourth-order valence-corrected chi connectivity index (χ4v) is 2.90. The topological polar surface area (TPSA) is 37.3 Å². The van der Waals surface area contributed by atoms with Crippen LogP contribution in [-0.4, -0.2) is 11.1 Å². The van der Waals surface area contributed by atoms with E-state index in [1.54, 1.807) is 45.2 Å². The lowest BCUT2D eigenvalue weighted by Crippen LogP contribution is -2.03. The summed E-state index contributed by atoms with van der Waals surface area (Å²) in [6, 6.07) is 2.40. The summed E-state index contributed by atoms with van der Waals surface area (Å²) >= 11 is 3.60. The summed E-state index contributed by atoms with van der Waals surface area (Å²) in [5.41, 5.74) is 0.164. The third kappa shape index (κ3) is 2.06. The molecule has 0 fully saturated rings. The van der Waals surface area contributed by atoms with Gasteiger partial charge < -0.3 is 5.11 Å². The Bertz CT molecular complexity index is 315. The Morgan fingerprint density at radius 2 is 1.75 bits per heavy atom. The van der Waals surface area contributed by atoms with Crippen LogP contribution in [0.15, 0.2) is 12.1 Å². The van der Waals surface area contributed by atoms with E-state index in [0.717, 1.165) is 0 Å². The lowest BCUT2D eigenvalue weighted by molar-refractivity contribution is 0.0694. The van der Waals surface area contributed by atoms with Gasteiger partial charge in [0.15, 0.2) is 0 Å². The maximum Gasteiger partial charge on any atom is 0.337 e. The number of carboxylic acids is 1. The van der Waals surface area contributed by atoms with Crippen LogP contribution in [-0.2, 0) is 0 Å². The smallest absolute Gasteiger partial charge is 0.337 e. The molecule has 5 heteroatoms. The van der Waals surface area contributed by atoms with Crippen LogP contribution < -0.4 is 0 Å². The molecule has 0 heterocycles. The van der Waals surface area contributed by atoms with Crippen LogP contribution in [0.3, 0.4) is 0 Å². The molecule has 0 aliphatic rings. The van der Waals surface area contributed by atoms with E-state index in [1.807, 2.05) is 0 Å². The molecule has 1 N–H and O–H groups in total. The van der Waals surface area contributed by atoms with Crippen molar-refractivity contribution in [2.45, 2.75) is 0 Å². The third-order valence-corrected chi connectivity index (χ3v) is 2.92. The maximum atomic E-state index is 12.7. The molecule has 1 aromatic rings. The highest BCUT2D eigenvalue weighted by Crippen LogP contribution is 2.20. The summed E-state index contributed by atoms with van der Waals surface area (Å²) in [6.45, 7) is 0. The third-order valence-electron chi connectivity index (χ3n) is 1.22. The van der Waals surface area contributed by atoms with E-state index < -0.39 is 11.8 Å². The average molecular weight is 392 g/mol. The van der Waals surface area contributed by atoms with Gasteiger partial charge in [0.05, 0.1) is 5.56 Å². The van der Waals surface area contributed by atoms with Gasteiger partial charge in [0.2, 0.25) is 0 Å². The Morgan fingerprint density at radius 3 is 2.08 bits per heavy atom. The maximum absolute atomic E-state index is 12.7. The number of rotatable bonds is 1. The van der Waals surface area contributed by atoms with E-state index in [0.29, 0.717) is 7.14 Å². The van der Waals surface area contributed by atoms with Gasteiger partial charge in [-0.3, -0.25) is 0 Å². The van der Waals surface area contributed by atoms with Crippen molar-refractivity contribution in [3.05, 3.63) is 30.7 Å². The highest BCUT2D eigenvalue weighted by atomic mass is 127. The molecular weight excluding hydrogens is 389 g/mol. The summed E-state index contributed by atoms with van der Waals surface area (Å²) in [7, 11) is 0. The van der Waals surface area contributed by atoms with Crippen molar-refractivity contribution in [1.29, 1.82) is 0 Å². The molecule has 12 heavy (non-hydrogen) atoms. The zero-order valence-corrected chi connectivity index (χ0v) is 9.96. The monoisotopic (exact) mass is 392 g/mol. The fraction of sp³-hybridized carbons (Fsp3) is 0. The van der Waals surface area contributed by atoms with Crippen molar-refractivity contribution in [3.63, 3.8) is 0 Å². The Balaban J connectivity index is 3.38. The molecule has 0 saturated heterocycles. The van der Waals surface area contributed by atoms with Crippen LogP contribution in [0.2, 0.25) is 0 Å². The second-order valence-electron chi connectivity index (χ2n) is 2.05. The van der Waals surface area contributed by atoms with Crippen molar-refractivity contribution < 1.29 is 14.3 Å². The van der Waals surface area contributed by atoms with Crippen LogP contribution in [0, 0.1) is 13.0 Å². The van der Waals surface area contributed by atoms with Crippen molar-refractivity contribution in [3.8, 4) is 0 Å². The first-order valence-corrected chi connectivity index (χ1v) is 5.06. The predicted molar refractivity (Wildman–Crippen MR) is 58.8 cm³/mol. The minimum Gasteiger partial charge on any atom is -0.478 e. The molecule has 0 atom stereocenters. The van der Waals surface area contributed by atoms with Gasteiger partial charge in [-0.15, -0.1) is 0 Å². The van der Waals surface area contributed by atoms with Crippen molar-refractivity contribution >= 4 is 51.2 Å². The molecule has 0 aliphatic heterocycles. The number of aromatic carboxylic acids is 1.